The maximum absolute atomic E-state index is 5.08. The lowest BCUT2D eigenvalue weighted by molar-refractivity contribution is 0.203. The van der Waals surface area contributed by atoms with E-state index >= 15 is 0 Å². The van der Waals surface area contributed by atoms with Gasteiger partial charge in [-0.2, -0.15) is 0 Å². The van der Waals surface area contributed by atoms with Crippen LogP contribution in [0.1, 0.15) is 12.5 Å². The van der Waals surface area contributed by atoms with E-state index in [4.69, 9.17) is 9.47 Å². The van der Waals surface area contributed by atoms with Crippen molar-refractivity contribution in [2.75, 3.05) is 33.9 Å². The fraction of sp³-hybridized carbons (Fsp3) is 0.538. The van der Waals surface area contributed by atoms with E-state index in [9.17, 15) is 0 Å². The number of pyridine rings is 1. The fourth-order valence-corrected chi connectivity index (χ4v) is 1.44. The van der Waals surface area contributed by atoms with Crippen LogP contribution in [0.4, 0.5) is 0 Å². The molecule has 1 aromatic rings. The summed E-state index contributed by atoms with van der Waals surface area (Å²) in [5.74, 6) is 1.38. The van der Waals surface area contributed by atoms with Gasteiger partial charge < -0.3 is 20.1 Å². The Morgan fingerprint density at radius 2 is 2.21 bits per heavy atom. The van der Waals surface area contributed by atoms with Crippen molar-refractivity contribution in [2.24, 2.45) is 4.99 Å². The van der Waals surface area contributed by atoms with Gasteiger partial charge in [0.2, 0.25) is 5.88 Å². The summed E-state index contributed by atoms with van der Waals surface area (Å²) in [5, 5.41) is 6.36. The van der Waals surface area contributed by atoms with Crippen LogP contribution in [-0.2, 0) is 11.3 Å². The third-order valence-corrected chi connectivity index (χ3v) is 2.37. The van der Waals surface area contributed by atoms with Gasteiger partial charge in [0.1, 0.15) is 0 Å². The highest BCUT2D eigenvalue weighted by molar-refractivity contribution is 5.79. The second-order valence-electron chi connectivity index (χ2n) is 3.82. The molecule has 106 valence electrons. The topological polar surface area (TPSA) is 67.8 Å². The summed E-state index contributed by atoms with van der Waals surface area (Å²) in [6, 6.07) is 3.80. The van der Waals surface area contributed by atoms with Crippen LogP contribution in [0.3, 0.4) is 0 Å². The lowest BCUT2D eigenvalue weighted by Crippen LogP contribution is -2.38. The van der Waals surface area contributed by atoms with E-state index in [1.54, 1.807) is 20.4 Å². The molecule has 6 nitrogen and oxygen atoms in total. The Morgan fingerprint density at radius 1 is 1.37 bits per heavy atom. The first-order chi connectivity index (χ1) is 9.30. The molecule has 0 amide bonds. The molecule has 19 heavy (non-hydrogen) atoms. The second-order valence-corrected chi connectivity index (χ2v) is 3.82. The van der Waals surface area contributed by atoms with E-state index in [1.165, 1.54) is 0 Å². The molecule has 0 unspecified atom stereocenters. The standard InChI is InChI=1S/C13H22N4O2/c1-4-14-13(16-7-8-18-2)17-10-11-5-6-15-12(9-11)19-3/h5-6,9H,4,7-8,10H2,1-3H3,(H2,14,16,17). The van der Waals surface area contributed by atoms with E-state index in [-0.39, 0.29) is 0 Å². The summed E-state index contributed by atoms with van der Waals surface area (Å²) < 4.78 is 10.1. The summed E-state index contributed by atoms with van der Waals surface area (Å²) >= 11 is 0. The minimum atomic E-state index is 0.571. The van der Waals surface area contributed by atoms with Crippen molar-refractivity contribution in [1.82, 2.24) is 15.6 Å². The van der Waals surface area contributed by atoms with Crippen molar-refractivity contribution in [3.8, 4) is 5.88 Å². The lowest BCUT2D eigenvalue weighted by atomic mass is 10.3. The summed E-state index contributed by atoms with van der Waals surface area (Å²) in [7, 11) is 3.28. The molecule has 0 aliphatic carbocycles. The van der Waals surface area contributed by atoms with Gasteiger partial charge in [-0.15, -0.1) is 0 Å². The lowest BCUT2D eigenvalue weighted by Gasteiger charge is -2.10. The van der Waals surface area contributed by atoms with Crippen molar-refractivity contribution in [3.05, 3.63) is 23.9 Å². The first-order valence-electron chi connectivity index (χ1n) is 6.30. The monoisotopic (exact) mass is 266 g/mol. The number of aromatic nitrogens is 1. The van der Waals surface area contributed by atoms with Gasteiger partial charge >= 0.3 is 0 Å². The minimum absolute atomic E-state index is 0.571. The van der Waals surface area contributed by atoms with Gasteiger partial charge in [-0.1, -0.05) is 0 Å². The maximum atomic E-state index is 5.08. The average Bonchev–Trinajstić information content (AvgIpc) is 2.45. The quantitative estimate of drug-likeness (QED) is 0.434. The molecule has 0 aliphatic heterocycles. The summed E-state index contributed by atoms with van der Waals surface area (Å²) in [4.78, 5) is 8.55. The Labute approximate surface area is 114 Å². The van der Waals surface area contributed by atoms with E-state index in [1.807, 2.05) is 19.1 Å². The van der Waals surface area contributed by atoms with E-state index in [0.29, 0.717) is 19.0 Å². The molecule has 0 aliphatic rings. The second kappa shape index (κ2) is 9.16. The molecule has 0 atom stereocenters. The molecular formula is C13H22N4O2. The first-order valence-corrected chi connectivity index (χ1v) is 6.30. The molecule has 0 saturated heterocycles. The smallest absolute Gasteiger partial charge is 0.213 e. The fourth-order valence-electron chi connectivity index (χ4n) is 1.44. The Bertz CT molecular complexity index is 396. The third-order valence-electron chi connectivity index (χ3n) is 2.37. The van der Waals surface area contributed by atoms with Crippen LogP contribution < -0.4 is 15.4 Å². The van der Waals surface area contributed by atoms with E-state index < -0.39 is 0 Å². The summed E-state index contributed by atoms with van der Waals surface area (Å²) in [5.41, 5.74) is 1.05. The number of rotatable bonds is 7. The first kappa shape index (κ1) is 15.2. The van der Waals surface area contributed by atoms with Crippen LogP contribution in [0, 0.1) is 0 Å². The van der Waals surface area contributed by atoms with Gasteiger partial charge in [-0.05, 0) is 18.6 Å². The Hall–Kier alpha value is -1.82. The number of ether oxygens (including phenoxy) is 2. The molecular weight excluding hydrogens is 244 g/mol. The van der Waals surface area contributed by atoms with Crippen molar-refractivity contribution in [3.63, 3.8) is 0 Å². The molecule has 0 saturated carbocycles. The molecule has 0 aromatic carbocycles. The molecule has 0 fully saturated rings. The molecule has 0 radical (unpaired) electrons. The van der Waals surface area contributed by atoms with E-state index in [0.717, 1.165) is 24.6 Å². The van der Waals surface area contributed by atoms with Crippen molar-refractivity contribution >= 4 is 5.96 Å². The Balaban J connectivity index is 2.57. The van der Waals surface area contributed by atoms with Crippen LogP contribution in [-0.4, -0.2) is 44.9 Å². The molecule has 2 N–H and O–H groups in total. The van der Waals surface area contributed by atoms with Crippen molar-refractivity contribution in [2.45, 2.75) is 13.5 Å². The zero-order chi connectivity index (χ0) is 13.9. The number of guanidine groups is 1. The summed E-state index contributed by atoms with van der Waals surface area (Å²) in [6.07, 6.45) is 1.72. The normalized spacial score (nSPS) is 11.2. The number of hydrogen-bond donors (Lipinski definition) is 2. The average molecular weight is 266 g/mol. The third kappa shape index (κ3) is 6.05. The number of nitrogens with one attached hydrogen (secondary N) is 2. The molecule has 0 bridgehead atoms. The zero-order valence-electron chi connectivity index (χ0n) is 11.8. The van der Waals surface area contributed by atoms with Crippen LogP contribution in [0.5, 0.6) is 5.88 Å². The number of nitrogens with zero attached hydrogens (tertiary/aromatic N) is 2. The number of methoxy groups -OCH3 is 2. The highest BCUT2D eigenvalue weighted by Crippen LogP contribution is 2.09. The maximum Gasteiger partial charge on any atom is 0.213 e. The molecule has 1 heterocycles. The summed E-state index contributed by atoms with van der Waals surface area (Å²) in [6.45, 7) is 4.79. The van der Waals surface area contributed by atoms with Gasteiger partial charge in [-0.3, -0.25) is 0 Å². The van der Waals surface area contributed by atoms with E-state index in [2.05, 4.69) is 20.6 Å². The minimum Gasteiger partial charge on any atom is -0.481 e. The molecule has 0 spiro atoms. The largest absolute Gasteiger partial charge is 0.481 e. The van der Waals surface area contributed by atoms with Crippen LogP contribution in [0.25, 0.3) is 0 Å². The van der Waals surface area contributed by atoms with Crippen LogP contribution >= 0.6 is 0 Å². The number of aliphatic imine (C=N–C) groups is 1. The van der Waals surface area contributed by atoms with Crippen molar-refractivity contribution in [1.29, 1.82) is 0 Å². The highest BCUT2D eigenvalue weighted by atomic mass is 16.5. The molecule has 1 aromatic heterocycles. The predicted octanol–water partition coefficient (Wildman–Crippen LogP) is 0.792. The van der Waals surface area contributed by atoms with Crippen LogP contribution in [0.2, 0.25) is 0 Å². The Kier molecular flexibility index (Phi) is 7.34. The molecule has 1 rings (SSSR count). The Morgan fingerprint density at radius 3 is 2.89 bits per heavy atom. The highest BCUT2D eigenvalue weighted by Gasteiger charge is 1.99. The van der Waals surface area contributed by atoms with Gasteiger partial charge in [0.25, 0.3) is 0 Å². The molecule has 6 heteroatoms. The van der Waals surface area contributed by atoms with Crippen molar-refractivity contribution < 1.29 is 9.47 Å². The van der Waals surface area contributed by atoms with Gasteiger partial charge in [0.05, 0.1) is 20.3 Å². The van der Waals surface area contributed by atoms with Gasteiger partial charge in [0.15, 0.2) is 5.96 Å². The van der Waals surface area contributed by atoms with Gasteiger partial charge in [-0.25, -0.2) is 9.98 Å². The predicted molar refractivity (Wildman–Crippen MR) is 75.5 cm³/mol. The SMILES string of the molecule is CCNC(=NCc1ccnc(OC)c1)NCCOC. The number of hydrogen-bond acceptors (Lipinski definition) is 4. The van der Waals surface area contributed by atoms with Crippen LogP contribution in [0.15, 0.2) is 23.3 Å². The zero-order valence-corrected chi connectivity index (χ0v) is 11.8. The van der Waals surface area contributed by atoms with Gasteiger partial charge in [0, 0.05) is 32.5 Å².